The van der Waals surface area contributed by atoms with Gasteiger partial charge < -0.3 is 14.8 Å². The highest BCUT2D eigenvalue weighted by atomic mass is 16.5. The van der Waals surface area contributed by atoms with Gasteiger partial charge >= 0.3 is 0 Å². The number of aromatic nitrogens is 3. The summed E-state index contributed by atoms with van der Waals surface area (Å²) in [6, 6.07) is 7.23. The maximum Gasteiger partial charge on any atom is 0.269 e. The first-order valence-corrected chi connectivity index (χ1v) is 7.22. The van der Waals surface area contributed by atoms with Gasteiger partial charge in [0.25, 0.3) is 5.91 Å². The molecule has 1 fully saturated rings. The van der Waals surface area contributed by atoms with Gasteiger partial charge in [-0.05, 0) is 24.6 Å². The molecular formula is C15H18N4O3. The Morgan fingerprint density at radius 1 is 1.41 bits per heavy atom. The van der Waals surface area contributed by atoms with Gasteiger partial charge in [-0.15, -0.1) is 0 Å². The van der Waals surface area contributed by atoms with E-state index in [1.54, 1.807) is 18.5 Å². The number of nitrogens with one attached hydrogen (secondary N) is 2. The molecule has 2 aromatic heterocycles. The van der Waals surface area contributed by atoms with Crippen LogP contribution in [0, 0.1) is 0 Å². The van der Waals surface area contributed by atoms with Crippen LogP contribution in [0.25, 0.3) is 0 Å². The Hall–Kier alpha value is -2.25. The van der Waals surface area contributed by atoms with Crippen molar-refractivity contribution in [1.29, 1.82) is 0 Å². The van der Waals surface area contributed by atoms with Gasteiger partial charge in [0.15, 0.2) is 0 Å². The summed E-state index contributed by atoms with van der Waals surface area (Å²) in [6.07, 6.45) is 3.80. The number of amides is 1. The van der Waals surface area contributed by atoms with Crippen LogP contribution in [0.2, 0.25) is 0 Å². The minimum Gasteiger partial charge on any atom is -0.379 e. The molecule has 22 heavy (non-hydrogen) atoms. The fourth-order valence-corrected chi connectivity index (χ4v) is 2.35. The summed E-state index contributed by atoms with van der Waals surface area (Å²) in [4.78, 5) is 16.3. The number of rotatable bonds is 5. The molecule has 1 amide bonds. The van der Waals surface area contributed by atoms with Crippen LogP contribution >= 0.6 is 0 Å². The van der Waals surface area contributed by atoms with Crippen molar-refractivity contribution in [2.45, 2.75) is 25.2 Å². The van der Waals surface area contributed by atoms with Crippen molar-refractivity contribution < 1.29 is 14.3 Å². The van der Waals surface area contributed by atoms with E-state index in [1.807, 2.05) is 18.2 Å². The molecule has 0 aromatic carbocycles. The number of nitrogens with zero attached hydrogens (tertiary/aromatic N) is 2. The lowest BCUT2D eigenvalue weighted by atomic mass is 10.1. The van der Waals surface area contributed by atoms with E-state index in [9.17, 15) is 4.79 Å². The quantitative estimate of drug-likeness (QED) is 0.857. The molecule has 0 unspecified atom stereocenters. The standard InChI is InChI=1S/C15H18N4O3/c20-15(13-4-7-17-19-13)18-12-5-8-21-10-14(12)22-9-11-3-1-2-6-16-11/h1-4,6-7,12,14H,5,8-10H2,(H,17,19)(H,18,20)/t12-,14-/m1/s1. The second kappa shape index (κ2) is 7.15. The van der Waals surface area contributed by atoms with Crippen molar-refractivity contribution in [2.75, 3.05) is 13.2 Å². The van der Waals surface area contributed by atoms with Crippen molar-refractivity contribution in [3.63, 3.8) is 0 Å². The maximum atomic E-state index is 12.1. The summed E-state index contributed by atoms with van der Waals surface area (Å²) < 4.78 is 11.3. The number of H-pyrrole nitrogens is 1. The van der Waals surface area contributed by atoms with Crippen molar-refractivity contribution in [1.82, 2.24) is 20.5 Å². The first-order valence-electron chi connectivity index (χ1n) is 7.22. The summed E-state index contributed by atoms with van der Waals surface area (Å²) >= 11 is 0. The Balaban J connectivity index is 1.57. The van der Waals surface area contributed by atoms with Gasteiger partial charge in [-0.3, -0.25) is 14.9 Å². The molecule has 7 heteroatoms. The summed E-state index contributed by atoms with van der Waals surface area (Å²) in [5.74, 6) is -0.184. The second-order valence-corrected chi connectivity index (χ2v) is 5.08. The molecule has 7 nitrogen and oxygen atoms in total. The monoisotopic (exact) mass is 302 g/mol. The fraction of sp³-hybridized carbons (Fsp3) is 0.400. The van der Waals surface area contributed by atoms with E-state index in [0.29, 0.717) is 31.9 Å². The first kappa shape index (κ1) is 14.7. The van der Waals surface area contributed by atoms with E-state index in [1.165, 1.54) is 0 Å². The Kier molecular flexibility index (Phi) is 4.77. The highest BCUT2D eigenvalue weighted by Gasteiger charge is 2.28. The van der Waals surface area contributed by atoms with Gasteiger partial charge in [-0.25, -0.2) is 0 Å². The topological polar surface area (TPSA) is 89.1 Å². The second-order valence-electron chi connectivity index (χ2n) is 5.08. The van der Waals surface area contributed by atoms with Crippen molar-refractivity contribution in [2.24, 2.45) is 0 Å². The first-order chi connectivity index (χ1) is 10.8. The molecule has 1 aliphatic rings. The van der Waals surface area contributed by atoms with Crippen LogP contribution in [-0.4, -0.2) is 46.4 Å². The van der Waals surface area contributed by atoms with E-state index in [-0.39, 0.29) is 18.1 Å². The molecule has 0 bridgehead atoms. The molecule has 1 saturated heterocycles. The lowest BCUT2D eigenvalue weighted by Crippen LogP contribution is -2.50. The average molecular weight is 302 g/mol. The Morgan fingerprint density at radius 3 is 3.14 bits per heavy atom. The lowest BCUT2D eigenvalue weighted by Gasteiger charge is -2.31. The Labute approximate surface area is 128 Å². The smallest absolute Gasteiger partial charge is 0.269 e. The van der Waals surface area contributed by atoms with Crippen LogP contribution in [0.4, 0.5) is 0 Å². The van der Waals surface area contributed by atoms with E-state index in [4.69, 9.17) is 9.47 Å². The summed E-state index contributed by atoms with van der Waals surface area (Å²) in [5, 5.41) is 9.41. The molecule has 116 valence electrons. The molecule has 3 heterocycles. The minimum atomic E-state index is -0.192. The van der Waals surface area contributed by atoms with Crippen LogP contribution in [0.1, 0.15) is 22.6 Å². The van der Waals surface area contributed by atoms with E-state index in [0.717, 1.165) is 5.69 Å². The third-order valence-electron chi connectivity index (χ3n) is 3.54. The maximum absolute atomic E-state index is 12.1. The van der Waals surface area contributed by atoms with Crippen LogP contribution in [0.3, 0.4) is 0 Å². The summed E-state index contributed by atoms with van der Waals surface area (Å²) in [5.41, 5.74) is 1.29. The molecule has 0 aliphatic carbocycles. The molecular weight excluding hydrogens is 284 g/mol. The lowest BCUT2D eigenvalue weighted by molar-refractivity contribution is -0.0743. The van der Waals surface area contributed by atoms with Crippen LogP contribution < -0.4 is 5.32 Å². The highest BCUT2D eigenvalue weighted by molar-refractivity contribution is 5.92. The van der Waals surface area contributed by atoms with Gasteiger partial charge in [0.05, 0.1) is 24.9 Å². The average Bonchev–Trinajstić information content (AvgIpc) is 3.10. The van der Waals surface area contributed by atoms with E-state index in [2.05, 4.69) is 20.5 Å². The van der Waals surface area contributed by atoms with Gasteiger partial charge in [0.2, 0.25) is 0 Å². The van der Waals surface area contributed by atoms with Crippen LogP contribution in [0.5, 0.6) is 0 Å². The van der Waals surface area contributed by atoms with E-state index >= 15 is 0 Å². The number of hydrogen-bond donors (Lipinski definition) is 2. The van der Waals surface area contributed by atoms with Crippen molar-refractivity contribution >= 4 is 5.91 Å². The molecule has 2 aromatic rings. The Bertz CT molecular complexity index is 588. The number of pyridine rings is 1. The van der Waals surface area contributed by atoms with Gasteiger partial charge in [0.1, 0.15) is 11.8 Å². The van der Waals surface area contributed by atoms with E-state index < -0.39 is 0 Å². The molecule has 3 rings (SSSR count). The molecule has 0 saturated carbocycles. The van der Waals surface area contributed by atoms with Gasteiger partial charge in [-0.2, -0.15) is 5.10 Å². The third-order valence-corrected chi connectivity index (χ3v) is 3.54. The number of carbonyl (C=O) groups is 1. The number of carbonyl (C=O) groups excluding carboxylic acids is 1. The largest absolute Gasteiger partial charge is 0.379 e. The number of hydrogen-bond acceptors (Lipinski definition) is 5. The summed E-state index contributed by atoms with van der Waals surface area (Å²) in [6.45, 7) is 1.46. The molecule has 2 N–H and O–H groups in total. The minimum absolute atomic E-state index is 0.0896. The van der Waals surface area contributed by atoms with Gasteiger partial charge in [-0.1, -0.05) is 6.07 Å². The van der Waals surface area contributed by atoms with Crippen LogP contribution in [0.15, 0.2) is 36.7 Å². The van der Waals surface area contributed by atoms with Crippen molar-refractivity contribution in [3.05, 3.63) is 48.0 Å². The zero-order valence-corrected chi connectivity index (χ0v) is 12.1. The predicted molar refractivity (Wildman–Crippen MR) is 78.1 cm³/mol. The number of ether oxygens (including phenoxy) is 2. The Morgan fingerprint density at radius 2 is 2.36 bits per heavy atom. The van der Waals surface area contributed by atoms with Crippen molar-refractivity contribution in [3.8, 4) is 0 Å². The summed E-state index contributed by atoms with van der Waals surface area (Å²) in [7, 11) is 0. The fourth-order valence-electron chi connectivity index (χ4n) is 2.35. The number of aromatic amines is 1. The highest BCUT2D eigenvalue weighted by Crippen LogP contribution is 2.14. The van der Waals surface area contributed by atoms with Crippen LogP contribution in [-0.2, 0) is 16.1 Å². The SMILES string of the molecule is O=C(N[C@@H]1CCOC[C@H]1OCc1ccccn1)c1ccn[nH]1. The molecule has 0 spiro atoms. The predicted octanol–water partition coefficient (Wildman–Crippen LogP) is 0.909. The zero-order chi connectivity index (χ0) is 15.2. The normalized spacial score (nSPS) is 21.5. The molecule has 1 aliphatic heterocycles. The zero-order valence-electron chi connectivity index (χ0n) is 12.1. The molecule has 0 radical (unpaired) electrons. The molecule has 2 atom stereocenters. The third kappa shape index (κ3) is 3.69. The van der Waals surface area contributed by atoms with Gasteiger partial charge in [0, 0.05) is 19.0 Å².